The molecule has 1 N–H and O–H groups in total. The van der Waals surface area contributed by atoms with Crippen LogP contribution in [0.15, 0.2) is 55.0 Å². The van der Waals surface area contributed by atoms with Gasteiger partial charge in [0.2, 0.25) is 0 Å². The number of rotatable bonds is 7. The van der Waals surface area contributed by atoms with Gasteiger partial charge in [-0.2, -0.15) is 0 Å². The minimum atomic E-state index is -1.35. The van der Waals surface area contributed by atoms with E-state index in [1.807, 2.05) is 13.0 Å². The first-order chi connectivity index (χ1) is 20.9. The summed E-state index contributed by atoms with van der Waals surface area (Å²) in [6.07, 6.45) is 7.43. The predicted octanol–water partition coefficient (Wildman–Crippen LogP) is 0.532. The van der Waals surface area contributed by atoms with Crippen molar-refractivity contribution in [1.82, 2.24) is 20.3 Å². The van der Waals surface area contributed by atoms with Crippen LogP contribution in [0, 0.1) is 5.92 Å². The van der Waals surface area contributed by atoms with Gasteiger partial charge in [0.15, 0.2) is 11.6 Å². The molecule has 0 radical (unpaired) electrons. The molecular formula is C33H29N4NaO6. The number of pyridine rings is 3. The minimum Gasteiger partial charge on any atom is -0.545 e. The van der Waals surface area contributed by atoms with Crippen LogP contribution in [0.25, 0.3) is 22.0 Å². The molecule has 3 aromatic heterocycles. The summed E-state index contributed by atoms with van der Waals surface area (Å²) >= 11 is 0. The van der Waals surface area contributed by atoms with E-state index in [0.29, 0.717) is 66.6 Å². The number of piperidine rings is 1. The number of hydrogen-bond donors (Lipinski definition) is 1. The first kappa shape index (κ1) is 30.3. The van der Waals surface area contributed by atoms with Crippen LogP contribution in [0.2, 0.25) is 0 Å². The third kappa shape index (κ3) is 5.30. The van der Waals surface area contributed by atoms with Gasteiger partial charge < -0.3 is 24.7 Å². The van der Waals surface area contributed by atoms with Crippen molar-refractivity contribution in [3.63, 3.8) is 0 Å². The van der Waals surface area contributed by atoms with Crippen molar-refractivity contribution in [3.05, 3.63) is 77.5 Å². The molecule has 2 aliphatic heterocycles. The van der Waals surface area contributed by atoms with E-state index in [1.54, 1.807) is 30.5 Å². The Kier molecular flexibility index (Phi) is 8.27. The van der Waals surface area contributed by atoms with Crippen LogP contribution < -0.4 is 49.5 Å². The molecule has 5 heterocycles. The molecule has 4 aromatic rings. The zero-order valence-electron chi connectivity index (χ0n) is 24.6. The number of ketones is 2. The number of hydrogen-bond acceptors (Lipinski definition) is 10. The summed E-state index contributed by atoms with van der Waals surface area (Å²) in [6, 6.07) is 10.0. The monoisotopic (exact) mass is 600 g/mol. The Morgan fingerprint density at radius 1 is 1.09 bits per heavy atom. The van der Waals surface area contributed by atoms with E-state index in [2.05, 4.69) is 15.3 Å². The molecule has 2 fully saturated rings. The fourth-order valence-electron chi connectivity index (χ4n) is 6.32. The van der Waals surface area contributed by atoms with E-state index in [0.717, 1.165) is 23.9 Å². The zero-order valence-corrected chi connectivity index (χ0v) is 26.6. The standard InChI is InChI=1S/C33H30N4O6.Na/c1-2-42-26-15-24(37-29-22(26)7-10-36-28(29)18-3-4-18)31(39)27-30(38)23-14-19(20-13-21(32(40)41)17-35-16-20)5-6-25(23)43-33(27)8-11-34-12-9-33;/h5-7,10,13-18,27,34H,2-4,8-9,11-12H2,1H3,(H,40,41);/q;+1/p-1/t27-;/m1./s1. The molecule has 0 unspecified atom stereocenters. The summed E-state index contributed by atoms with van der Waals surface area (Å²) in [5, 5.41) is 15.5. The van der Waals surface area contributed by atoms with Crippen LogP contribution in [0.3, 0.4) is 0 Å². The van der Waals surface area contributed by atoms with Crippen molar-refractivity contribution in [3.8, 4) is 22.6 Å². The van der Waals surface area contributed by atoms with Gasteiger partial charge in [-0.05, 0) is 62.7 Å². The van der Waals surface area contributed by atoms with Crippen LogP contribution in [-0.2, 0) is 0 Å². The summed E-state index contributed by atoms with van der Waals surface area (Å²) in [6.45, 7) is 3.47. The molecule has 0 amide bonds. The normalized spacial score (nSPS) is 18.7. The molecule has 3 aliphatic rings. The maximum atomic E-state index is 14.5. The number of carbonyl (C=O) groups is 3. The third-order valence-electron chi connectivity index (χ3n) is 8.60. The van der Waals surface area contributed by atoms with Gasteiger partial charge in [-0.25, -0.2) is 4.98 Å². The molecule has 1 aromatic carbocycles. The van der Waals surface area contributed by atoms with E-state index in [1.165, 1.54) is 18.5 Å². The molecule has 1 aliphatic carbocycles. The van der Waals surface area contributed by atoms with E-state index in [4.69, 9.17) is 14.5 Å². The fraction of sp³-hybridized carbons (Fsp3) is 0.333. The number of aromatic carboxylic acids is 1. The minimum absolute atomic E-state index is 0. The second kappa shape index (κ2) is 12.0. The van der Waals surface area contributed by atoms with Crippen molar-refractivity contribution in [1.29, 1.82) is 0 Å². The number of nitrogens with one attached hydrogen (secondary N) is 1. The predicted molar refractivity (Wildman–Crippen MR) is 154 cm³/mol. The number of aromatic nitrogens is 3. The van der Waals surface area contributed by atoms with Crippen LogP contribution >= 0.6 is 0 Å². The van der Waals surface area contributed by atoms with Gasteiger partial charge in [0, 0.05) is 59.9 Å². The summed E-state index contributed by atoms with van der Waals surface area (Å²) in [5.41, 5.74) is 1.83. The molecular weight excluding hydrogens is 571 g/mol. The number of Topliss-reactive ketones (excluding diaryl/α,β-unsaturated/α-hetero) is 2. The Bertz CT molecular complexity index is 1800. The molecule has 1 saturated carbocycles. The molecule has 7 rings (SSSR count). The Hall–Kier alpha value is -3.70. The first-order valence-electron chi connectivity index (χ1n) is 14.6. The smallest absolute Gasteiger partial charge is 0.545 e. The number of benzene rings is 1. The summed E-state index contributed by atoms with van der Waals surface area (Å²) in [5.74, 6) is -2.03. The van der Waals surface area contributed by atoms with Crippen LogP contribution in [0.4, 0.5) is 0 Å². The van der Waals surface area contributed by atoms with Gasteiger partial charge in [0.1, 0.15) is 28.7 Å². The fourth-order valence-corrected chi connectivity index (χ4v) is 6.32. The summed E-state index contributed by atoms with van der Waals surface area (Å²) < 4.78 is 12.6. The second-order valence-corrected chi connectivity index (χ2v) is 11.3. The molecule has 218 valence electrons. The van der Waals surface area contributed by atoms with Gasteiger partial charge in [-0.1, -0.05) is 6.07 Å². The molecule has 1 atom stereocenters. The first-order valence-corrected chi connectivity index (χ1v) is 14.6. The molecule has 1 spiro atoms. The Morgan fingerprint density at radius 2 is 1.89 bits per heavy atom. The molecule has 1 saturated heterocycles. The number of ether oxygens (including phenoxy) is 2. The van der Waals surface area contributed by atoms with E-state index >= 15 is 0 Å². The van der Waals surface area contributed by atoms with Crippen molar-refractivity contribution >= 4 is 28.4 Å². The van der Waals surface area contributed by atoms with Gasteiger partial charge >= 0.3 is 29.6 Å². The SMILES string of the molecule is CCOc1cc(C(=O)[C@H]2C(=O)c3cc(-c4cncc(C(=O)[O-])c4)ccc3OC23CCNCC3)nc2c(C3CC3)nccc12.[Na+]. The number of carboxylic acids is 1. The maximum Gasteiger partial charge on any atom is 1.00 e. The Labute approximate surface area is 275 Å². The summed E-state index contributed by atoms with van der Waals surface area (Å²) in [4.78, 5) is 53.8. The van der Waals surface area contributed by atoms with Crippen molar-refractivity contribution in [2.45, 2.75) is 44.1 Å². The number of nitrogens with zero attached hydrogens (tertiary/aromatic N) is 3. The molecule has 44 heavy (non-hydrogen) atoms. The largest absolute Gasteiger partial charge is 1.00 e. The van der Waals surface area contributed by atoms with Crippen LogP contribution in [0.1, 0.15) is 75.4 Å². The van der Waals surface area contributed by atoms with Gasteiger partial charge in [0.25, 0.3) is 0 Å². The Balaban J connectivity index is 0.00000343. The van der Waals surface area contributed by atoms with Crippen LogP contribution in [0.5, 0.6) is 11.5 Å². The molecule has 11 heteroatoms. The molecule has 0 bridgehead atoms. The maximum absolute atomic E-state index is 14.5. The van der Waals surface area contributed by atoms with E-state index < -0.39 is 23.3 Å². The summed E-state index contributed by atoms with van der Waals surface area (Å²) in [7, 11) is 0. The number of fused-ring (bicyclic) bond motifs is 2. The van der Waals surface area contributed by atoms with E-state index in [-0.39, 0.29) is 52.2 Å². The Morgan fingerprint density at radius 3 is 2.61 bits per heavy atom. The van der Waals surface area contributed by atoms with Crippen LogP contribution in [-0.4, -0.2) is 57.8 Å². The van der Waals surface area contributed by atoms with Crippen molar-refractivity contribution < 1.29 is 58.5 Å². The van der Waals surface area contributed by atoms with E-state index in [9.17, 15) is 19.5 Å². The topological polar surface area (TPSA) is 143 Å². The van der Waals surface area contributed by atoms with Gasteiger partial charge in [-0.3, -0.25) is 19.6 Å². The quantitative estimate of drug-likeness (QED) is 0.181. The molecule has 10 nitrogen and oxygen atoms in total. The van der Waals surface area contributed by atoms with Crippen molar-refractivity contribution in [2.75, 3.05) is 19.7 Å². The van der Waals surface area contributed by atoms with Gasteiger partial charge in [-0.15, -0.1) is 0 Å². The zero-order chi connectivity index (χ0) is 29.7. The number of carbonyl (C=O) groups excluding carboxylic acids is 3. The van der Waals surface area contributed by atoms with Gasteiger partial charge in [0.05, 0.1) is 29.4 Å². The second-order valence-electron chi connectivity index (χ2n) is 11.3. The average Bonchev–Trinajstić information content (AvgIpc) is 3.87. The number of carboxylic acid groups (broad SMARTS) is 1. The van der Waals surface area contributed by atoms with Crippen molar-refractivity contribution in [2.24, 2.45) is 5.92 Å². The third-order valence-corrected chi connectivity index (χ3v) is 8.60. The average molecular weight is 601 g/mol.